The van der Waals surface area contributed by atoms with Crippen molar-refractivity contribution in [2.45, 2.75) is 19.3 Å². The first-order valence-corrected chi connectivity index (χ1v) is 5.49. The van der Waals surface area contributed by atoms with Gasteiger partial charge in [0.2, 0.25) is 6.39 Å². The van der Waals surface area contributed by atoms with Gasteiger partial charge in [-0.3, -0.25) is 0 Å². The Bertz CT molecular complexity index is 258. The van der Waals surface area contributed by atoms with E-state index in [1.165, 1.54) is 19.2 Å². The molecule has 0 aromatic carbocycles. The number of hydrogen-bond donors (Lipinski definition) is 1. The van der Waals surface area contributed by atoms with E-state index in [1.807, 2.05) is 0 Å². The minimum Gasteiger partial charge on any atom is -0.381 e. The molecule has 1 atom stereocenters. The van der Waals surface area contributed by atoms with E-state index in [2.05, 4.69) is 20.0 Å². The normalized spacial score (nSPS) is 21.7. The lowest BCUT2D eigenvalue weighted by atomic mass is 10.0. The Morgan fingerprint density at radius 3 is 3.27 bits per heavy atom. The summed E-state index contributed by atoms with van der Waals surface area (Å²) in [5, 5.41) is 7.14. The second kappa shape index (κ2) is 5.82. The van der Waals surface area contributed by atoms with Crippen molar-refractivity contribution < 1.29 is 9.26 Å². The molecule has 1 fully saturated rings. The van der Waals surface area contributed by atoms with Crippen LogP contribution in [0.1, 0.15) is 18.7 Å². The SMILES string of the molecule is c1nc(CCNCC2CCCOC2)no1. The second-order valence-electron chi connectivity index (χ2n) is 3.88. The molecule has 1 N–H and O–H groups in total. The van der Waals surface area contributed by atoms with Crippen LogP contribution in [0.4, 0.5) is 0 Å². The van der Waals surface area contributed by atoms with Gasteiger partial charge < -0.3 is 14.6 Å². The van der Waals surface area contributed by atoms with Gasteiger partial charge >= 0.3 is 0 Å². The maximum absolute atomic E-state index is 5.41. The van der Waals surface area contributed by atoms with E-state index in [4.69, 9.17) is 4.74 Å². The van der Waals surface area contributed by atoms with Crippen molar-refractivity contribution >= 4 is 0 Å². The molecular formula is C10H17N3O2. The third kappa shape index (κ3) is 3.60. The Hall–Kier alpha value is -0.940. The second-order valence-corrected chi connectivity index (χ2v) is 3.88. The Balaban J connectivity index is 1.54. The summed E-state index contributed by atoms with van der Waals surface area (Å²) in [6.45, 7) is 3.75. The van der Waals surface area contributed by atoms with Crippen LogP contribution < -0.4 is 5.32 Å². The molecule has 5 nitrogen and oxygen atoms in total. The Kier molecular flexibility index (Phi) is 4.11. The standard InChI is InChI=1S/C10H17N3O2/c1-2-9(7-14-5-1)6-11-4-3-10-12-8-15-13-10/h8-9,11H,1-7H2. The largest absolute Gasteiger partial charge is 0.381 e. The number of hydrogen-bond acceptors (Lipinski definition) is 5. The van der Waals surface area contributed by atoms with Gasteiger partial charge in [-0.05, 0) is 18.8 Å². The zero-order chi connectivity index (χ0) is 10.3. The van der Waals surface area contributed by atoms with E-state index in [0.29, 0.717) is 5.92 Å². The number of nitrogens with one attached hydrogen (secondary N) is 1. The maximum atomic E-state index is 5.41. The summed E-state index contributed by atoms with van der Waals surface area (Å²) in [5.41, 5.74) is 0. The maximum Gasteiger partial charge on any atom is 0.213 e. The van der Waals surface area contributed by atoms with Crippen molar-refractivity contribution in [3.63, 3.8) is 0 Å². The third-order valence-corrected chi connectivity index (χ3v) is 2.62. The predicted molar refractivity (Wildman–Crippen MR) is 54.4 cm³/mol. The van der Waals surface area contributed by atoms with E-state index in [0.717, 1.165) is 38.5 Å². The summed E-state index contributed by atoms with van der Waals surface area (Å²) >= 11 is 0. The first kappa shape index (κ1) is 10.6. The Morgan fingerprint density at radius 1 is 1.53 bits per heavy atom. The minimum absolute atomic E-state index is 0.670. The summed E-state index contributed by atoms with van der Waals surface area (Å²) in [5.74, 6) is 1.44. The van der Waals surface area contributed by atoms with Gasteiger partial charge in [-0.25, -0.2) is 0 Å². The number of aromatic nitrogens is 2. The number of ether oxygens (including phenoxy) is 1. The van der Waals surface area contributed by atoms with Gasteiger partial charge in [0.15, 0.2) is 5.82 Å². The molecule has 0 bridgehead atoms. The van der Waals surface area contributed by atoms with E-state index in [9.17, 15) is 0 Å². The van der Waals surface area contributed by atoms with Crippen LogP contribution in [-0.4, -0.2) is 36.4 Å². The molecule has 0 aliphatic carbocycles. The third-order valence-electron chi connectivity index (χ3n) is 2.62. The molecule has 0 amide bonds. The highest BCUT2D eigenvalue weighted by atomic mass is 16.5. The fourth-order valence-electron chi connectivity index (χ4n) is 1.78. The average molecular weight is 211 g/mol. The van der Waals surface area contributed by atoms with Crippen molar-refractivity contribution in [3.05, 3.63) is 12.2 Å². The number of nitrogens with zero attached hydrogens (tertiary/aromatic N) is 2. The van der Waals surface area contributed by atoms with Gasteiger partial charge in [0.25, 0.3) is 0 Å². The van der Waals surface area contributed by atoms with Gasteiger partial charge in [-0.15, -0.1) is 0 Å². The monoisotopic (exact) mass is 211 g/mol. The predicted octanol–water partition coefficient (Wildman–Crippen LogP) is 0.628. The molecule has 15 heavy (non-hydrogen) atoms. The molecule has 5 heteroatoms. The molecule has 0 spiro atoms. The number of rotatable bonds is 5. The van der Waals surface area contributed by atoms with Crippen LogP contribution in [-0.2, 0) is 11.2 Å². The Labute approximate surface area is 89.2 Å². The molecule has 1 saturated heterocycles. The van der Waals surface area contributed by atoms with Crippen molar-refractivity contribution in [1.82, 2.24) is 15.5 Å². The molecule has 1 aliphatic rings. The molecule has 0 radical (unpaired) electrons. The first-order chi connectivity index (χ1) is 7.45. The van der Waals surface area contributed by atoms with E-state index in [-0.39, 0.29) is 0 Å². The lowest BCUT2D eigenvalue weighted by Gasteiger charge is -2.22. The Morgan fingerprint density at radius 2 is 2.53 bits per heavy atom. The van der Waals surface area contributed by atoms with Gasteiger partial charge in [0.05, 0.1) is 6.61 Å². The van der Waals surface area contributed by atoms with Crippen LogP contribution in [0, 0.1) is 5.92 Å². The topological polar surface area (TPSA) is 60.2 Å². The van der Waals surface area contributed by atoms with Crippen LogP contribution in [0.25, 0.3) is 0 Å². The minimum atomic E-state index is 0.670. The lowest BCUT2D eigenvalue weighted by Crippen LogP contribution is -2.30. The van der Waals surface area contributed by atoms with Gasteiger partial charge in [-0.2, -0.15) is 4.98 Å². The fraction of sp³-hybridized carbons (Fsp3) is 0.800. The highest BCUT2D eigenvalue weighted by molar-refractivity contribution is 4.78. The summed E-state index contributed by atoms with van der Waals surface area (Å²) in [4.78, 5) is 3.96. The van der Waals surface area contributed by atoms with Gasteiger partial charge in [0.1, 0.15) is 0 Å². The van der Waals surface area contributed by atoms with Gasteiger partial charge in [-0.1, -0.05) is 5.16 Å². The zero-order valence-electron chi connectivity index (χ0n) is 8.82. The molecule has 2 rings (SSSR count). The van der Waals surface area contributed by atoms with Crippen LogP contribution in [0.2, 0.25) is 0 Å². The molecule has 84 valence electrons. The molecule has 1 aromatic rings. The first-order valence-electron chi connectivity index (χ1n) is 5.49. The van der Waals surface area contributed by atoms with Crippen molar-refractivity contribution in [2.75, 3.05) is 26.3 Å². The van der Waals surface area contributed by atoms with E-state index in [1.54, 1.807) is 0 Å². The summed E-state index contributed by atoms with van der Waals surface area (Å²) < 4.78 is 10.1. The molecule has 0 saturated carbocycles. The molecule has 2 heterocycles. The summed E-state index contributed by atoms with van der Waals surface area (Å²) in [7, 11) is 0. The van der Waals surface area contributed by atoms with Crippen LogP contribution >= 0.6 is 0 Å². The van der Waals surface area contributed by atoms with Crippen molar-refractivity contribution in [1.29, 1.82) is 0 Å². The zero-order valence-corrected chi connectivity index (χ0v) is 8.82. The van der Waals surface area contributed by atoms with E-state index >= 15 is 0 Å². The van der Waals surface area contributed by atoms with Crippen LogP contribution in [0.3, 0.4) is 0 Å². The highest BCUT2D eigenvalue weighted by Gasteiger charge is 2.12. The highest BCUT2D eigenvalue weighted by Crippen LogP contribution is 2.11. The molecule has 1 aliphatic heterocycles. The smallest absolute Gasteiger partial charge is 0.213 e. The molecular weight excluding hydrogens is 194 g/mol. The quantitative estimate of drug-likeness (QED) is 0.724. The van der Waals surface area contributed by atoms with Gasteiger partial charge in [0, 0.05) is 26.1 Å². The van der Waals surface area contributed by atoms with Crippen LogP contribution in [0.15, 0.2) is 10.9 Å². The summed E-state index contributed by atoms with van der Waals surface area (Å²) in [6, 6.07) is 0. The van der Waals surface area contributed by atoms with Crippen LogP contribution in [0.5, 0.6) is 0 Å². The molecule has 1 aromatic heterocycles. The lowest BCUT2D eigenvalue weighted by molar-refractivity contribution is 0.0549. The van der Waals surface area contributed by atoms with Crippen molar-refractivity contribution in [2.24, 2.45) is 5.92 Å². The molecule has 1 unspecified atom stereocenters. The summed E-state index contributed by atoms with van der Waals surface area (Å²) in [6.07, 6.45) is 4.65. The van der Waals surface area contributed by atoms with Crippen molar-refractivity contribution in [3.8, 4) is 0 Å². The average Bonchev–Trinajstić information content (AvgIpc) is 2.79. The van der Waals surface area contributed by atoms with E-state index < -0.39 is 0 Å². The fourth-order valence-corrected chi connectivity index (χ4v) is 1.78.